The van der Waals surface area contributed by atoms with Crippen molar-refractivity contribution in [3.05, 3.63) is 24.0 Å². The molecule has 2 aliphatic rings. The minimum Gasteiger partial charge on any atom is -0.389 e. The summed E-state index contributed by atoms with van der Waals surface area (Å²) in [7, 11) is 3.63. The molecule has 1 aliphatic heterocycles. The van der Waals surface area contributed by atoms with Gasteiger partial charge in [-0.3, -0.25) is 14.4 Å². The summed E-state index contributed by atoms with van der Waals surface area (Å²) in [6, 6.07) is 0.117. The van der Waals surface area contributed by atoms with Crippen LogP contribution in [0.5, 0.6) is 0 Å². The zero-order valence-corrected chi connectivity index (χ0v) is 13.9. The van der Waals surface area contributed by atoms with E-state index in [1.807, 2.05) is 13.2 Å². The summed E-state index contributed by atoms with van der Waals surface area (Å²) in [4.78, 5) is 16.4. The lowest BCUT2D eigenvalue weighted by Crippen LogP contribution is -2.48. The van der Waals surface area contributed by atoms with Crippen molar-refractivity contribution in [3.63, 3.8) is 0 Å². The van der Waals surface area contributed by atoms with Crippen LogP contribution in [-0.4, -0.2) is 68.9 Å². The van der Waals surface area contributed by atoms with Gasteiger partial charge in [-0.2, -0.15) is 5.10 Å². The van der Waals surface area contributed by atoms with E-state index in [0.29, 0.717) is 0 Å². The van der Waals surface area contributed by atoms with Gasteiger partial charge in [0.15, 0.2) is 0 Å². The first-order chi connectivity index (χ1) is 11.1. The Labute approximate surface area is 137 Å². The van der Waals surface area contributed by atoms with Gasteiger partial charge in [0.25, 0.3) is 0 Å². The molecular formula is C17H26N4O2. The smallest absolute Gasteiger partial charge is 0.246 e. The van der Waals surface area contributed by atoms with Crippen LogP contribution in [0.3, 0.4) is 0 Å². The molecule has 0 unspecified atom stereocenters. The van der Waals surface area contributed by atoms with Gasteiger partial charge in [0.1, 0.15) is 0 Å². The van der Waals surface area contributed by atoms with E-state index in [1.54, 1.807) is 35.0 Å². The largest absolute Gasteiger partial charge is 0.389 e. The Morgan fingerprint density at radius 3 is 2.78 bits per heavy atom. The number of hydrogen-bond donors (Lipinski definition) is 1. The number of carbonyl (C=O) groups excluding carboxylic acids is 1. The number of likely N-dealkylation sites (tertiary alicyclic amines) is 1. The number of aromatic nitrogens is 2. The summed E-state index contributed by atoms with van der Waals surface area (Å²) in [6.07, 6.45) is 10.7. The van der Waals surface area contributed by atoms with Crippen LogP contribution in [0, 0.1) is 0 Å². The maximum atomic E-state index is 12.4. The lowest BCUT2D eigenvalue weighted by atomic mass is 10.1. The molecule has 0 bridgehead atoms. The zero-order chi connectivity index (χ0) is 16.4. The number of aryl methyl sites for hydroxylation is 1. The lowest BCUT2D eigenvalue weighted by molar-refractivity contribution is -0.128. The second kappa shape index (κ2) is 6.84. The quantitative estimate of drug-likeness (QED) is 0.837. The molecule has 2 fully saturated rings. The first kappa shape index (κ1) is 16.2. The highest BCUT2D eigenvalue weighted by atomic mass is 16.3. The van der Waals surface area contributed by atoms with Crippen LogP contribution >= 0.6 is 0 Å². The van der Waals surface area contributed by atoms with Gasteiger partial charge in [0.2, 0.25) is 5.91 Å². The summed E-state index contributed by atoms with van der Waals surface area (Å²) in [5, 5.41) is 14.7. The normalized spacial score (nSPS) is 28.7. The molecule has 23 heavy (non-hydrogen) atoms. The molecule has 1 aromatic rings. The van der Waals surface area contributed by atoms with Crippen LogP contribution in [-0.2, 0) is 11.8 Å². The molecule has 1 aromatic heterocycles. The molecule has 6 heteroatoms. The Hall–Kier alpha value is -1.66. The van der Waals surface area contributed by atoms with Crippen molar-refractivity contribution in [1.82, 2.24) is 19.6 Å². The van der Waals surface area contributed by atoms with E-state index in [1.165, 1.54) is 12.8 Å². The molecule has 0 radical (unpaired) electrons. The van der Waals surface area contributed by atoms with Crippen molar-refractivity contribution in [3.8, 4) is 0 Å². The molecule has 3 rings (SSSR count). The Bertz CT molecular complexity index is 577. The van der Waals surface area contributed by atoms with Crippen molar-refractivity contribution in [1.29, 1.82) is 0 Å². The number of rotatable bonds is 4. The van der Waals surface area contributed by atoms with Crippen LogP contribution in [0.15, 0.2) is 18.5 Å². The standard InChI is InChI=1S/C17H26N4O2/c1-19-12-13(11-18-19)5-8-16(22)20(2)14-6-7-15(17(14)23)21-9-3-4-10-21/h5,8,11-12,14-15,17,23H,3-4,6-7,9-10H2,1-2H3/b8-5+/t14-,15-,17-/m1/s1. The van der Waals surface area contributed by atoms with Crippen molar-refractivity contribution in [2.45, 2.75) is 43.9 Å². The average Bonchev–Trinajstić information content (AvgIpc) is 3.25. The van der Waals surface area contributed by atoms with E-state index in [4.69, 9.17) is 0 Å². The van der Waals surface area contributed by atoms with E-state index in [9.17, 15) is 9.90 Å². The molecule has 1 saturated carbocycles. The summed E-state index contributed by atoms with van der Waals surface area (Å²) in [5.74, 6) is -0.0695. The monoisotopic (exact) mass is 318 g/mol. The summed E-state index contributed by atoms with van der Waals surface area (Å²) >= 11 is 0. The Morgan fingerprint density at radius 2 is 2.13 bits per heavy atom. The number of hydrogen-bond acceptors (Lipinski definition) is 4. The van der Waals surface area contributed by atoms with E-state index in [-0.39, 0.29) is 18.0 Å². The molecule has 1 N–H and O–H groups in total. The minimum absolute atomic E-state index is 0.0695. The predicted octanol–water partition coefficient (Wildman–Crippen LogP) is 0.879. The average molecular weight is 318 g/mol. The predicted molar refractivity (Wildman–Crippen MR) is 88.6 cm³/mol. The first-order valence-corrected chi connectivity index (χ1v) is 8.42. The van der Waals surface area contributed by atoms with Crippen molar-refractivity contribution in [2.75, 3.05) is 20.1 Å². The zero-order valence-electron chi connectivity index (χ0n) is 13.9. The first-order valence-electron chi connectivity index (χ1n) is 8.42. The van der Waals surface area contributed by atoms with Crippen molar-refractivity contribution < 1.29 is 9.90 Å². The number of carbonyl (C=O) groups is 1. The third-order valence-corrected chi connectivity index (χ3v) is 5.14. The fraction of sp³-hybridized carbons (Fsp3) is 0.647. The Balaban J connectivity index is 1.59. The van der Waals surface area contributed by atoms with Crippen LogP contribution in [0.4, 0.5) is 0 Å². The molecule has 1 saturated heterocycles. The fourth-order valence-electron chi connectivity index (χ4n) is 3.81. The van der Waals surface area contributed by atoms with Crippen LogP contribution < -0.4 is 0 Å². The molecule has 1 aliphatic carbocycles. The second-order valence-corrected chi connectivity index (χ2v) is 6.68. The molecule has 0 aromatic carbocycles. The number of aliphatic hydroxyl groups excluding tert-OH is 1. The van der Waals surface area contributed by atoms with Crippen molar-refractivity contribution >= 4 is 12.0 Å². The van der Waals surface area contributed by atoms with E-state index < -0.39 is 6.10 Å². The number of aliphatic hydroxyl groups is 1. The fourth-order valence-corrected chi connectivity index (χ4v) is 3.81. The van der Waals surface area contributed by atoms with Crippen LogP contribution in [0.2, 0.25) is 0 Å². The topological polar surface area (TPSA) is 61.6 Å². The number of likely N-dealkylation sites (N-methyl/N-ethyl adjacent to an activating group) is 1. The highest BCUT2D eigenvalue weighted by Crippen LogP contribution is 2.30. The van der Waals surface area contributed by atoms with Gasteiger partial charge >= 0.3 is 0 Å². The summed E-state index contributed by atoms with van der Waals surface area (Å²) < 4.78 is 1.70. The van der Waals surface area contributed by atoms with Gasteiger partial charge in [0, 0.05) is 38.0 Å². The van der Waals surface area contributed by atoms with Gasteiger partial charge in [0.05, 0.1) is 18.3 Å². The summed E-state index contributed by atoms with van der Waals surface area (Å²) in [5.41, 5.74) is 0.899. The van der Waals surface area contributed by atoms with Gasteiger partial charge < -0.3 is 10.0 Å². The maximum Gasteiger partial charge on any atom is 0.246 e. The summed E-state index contributed by atoms with van der Waals surface area (Å²) in [6.45, 7) is 2.15. The van der Waals surface area contributed by atoms with E-state index >= 15 is 0 Å². The Morgan fingerprint density at radius 1 is 1.39 bits per heavy atom. The highest BCUT2D eigenvalue weighted by Gasteiger charge is 2.41. The molecule has 3 atom stereocenters. The maximum absolute atomic E-state index is 12.4. The molecule has 1 amide bonds. The highest BCUT2D eigenvalue weighted by molar-refractivity contribution is 5.91. The van der Waals surface area contributed by atoms with Gasteiger partial charge in [-0.15, -0.1) is 0 Å². The van der Waals surface area contributed by atoms with Gasteiger partial charge in [-0.25, -0.2) is 0 Å². The third kappa shape index (κ3) is 3.48. The van der Waals surface area contributed by atoms with Gasteiger partial charge in [-0.1, -0.05) is 0 Å². The second-order valence-electron chi connectivity index (χ2n) is 6.68. The number of nitrogens with zero attached hydrogens (tertiary/aromatic N) is 4. The van der Waals surface area contributed by atoms with Crippen LogP contribution in [0.25, 0.3) is 6.08 Å². The Kier molecular flexibility index (Phi) is 4.82. The third-order valence-electron chi connectivity index (χ3n) is 5.14. The molecular weight excluding hydrogens is 292 g/mol. The van der Waals surface area contributed by atoms with Crippen LogP contribution in [0.1, 0.15) is 31.2 Å². The van der Waals surface area contributed by atoms with Gasteiger partial charge in [-0.05, 0) is 44.8 Å². The molecule has 126 valence electrons. The van der Waals surface area contributed by atoms with Crippen molar-refractivity contribution in [2.24, 2.45) is 7.05 Å². The molecule has 2 heterocycles. The molecule has 6 nitrogen and oxygen atoms in total. The lowest BCUT2D eigenvalue weighted by Gasteiger charge is -2.31. The minimum atomic E-state index is -0.450. The van der Waals surface area contributed by atoms with E-state index in [0.717, 1.165) is 31.5 Å². The molecule has 0 spiro atoms. The van der Waals surface area contributed by atoms with E-state index in [2.05, 4.69) is 10.00 Å². The SMILES string of the molecule is CN(C(=O)/C=C/c1cnn(C)c1)[C@@H]1CC[C@@H](N2CCCC2)[C@@H]1O. The number of amides is 1.